The Bertz CT molecular complexity index is 586. The summed E-state index contributed by atoms with van der Waals surface area (Å²) in [6.45, 7) is 5.47. The molecule has 0 amide bonds. The average Bonchev–Trinajstić information content (AvgIpc) is 3.01. The van der Waals surface area contributed by atoms with E-state index in [1.165, 1.54) is 0 Å². The van der Waals surface area contributed by atoms with Crippen molar-refractivity contribution in [1.29, 1.82) is 0 Å². The van der Waals surface area contributed by atoms with Gasteiger partial charge in [-0.1, -0.05) is 16.8 Å². The fraction of sp³-hybridized carbons (Fsp3) is 0.583. The third-order valence-electron chi connectivity index (χ3n) is 3.44. The Morgan fingerprint density at radius 2 is 2.30 bits per heavy atom. The van der Waals surface area contributed by atoms with E-state index in [-0.39, 0.29) is 6.04 Å². The van der Waals surface area contributed by atoms with Crippen LogP contribution in [0.15, 0.2) is 9.90 Å². The van der Waals surface area contributed by atoms with Crippen LogP contribution in [-0.4, -0.2) is 51.6 Å². The molecule has 2 aromatic heterocycles. The number of hydrogen-bond donors (Lipinski definition) is 0. The van der Waals surface area contributed by atoms with Gasteiger partial charge in [0.2, 0.25) is 5.89 Å². The van der Waals surface area contributed by atoms with Crippen LogP contribution in [0.2, 0.25) is 5.15 Å². The SMILES string of the molecule is Cc1noc(C2CN(Cc3nc(Cl)cs3)CCN2C)n1. The lowest BCUT2D eigenvalue weighted by Crippen LogP contribution is -2.46. The molecule has 3 rings (SSSR count). The number of halogens is 1. The van der Waals surface area contributed by atoms with Crippen LogP contribution in [0.3, 0.4) is 0 Å². The van der Waals surface area contributed by atoms with Crippen molar-refractivity contribution in [3.63, 3.8) is 0 Å². The summed E-state index contributed by atoms with van der Waals surface area (Å²) in [6.07, 6.45) is 0. The van der Waals surface area contributed by atoms with Gasteiger partial charge in [0.15, 0.2) is 5.82 Å². The fourth-order valence-corrected chi connectivity index (χ4v) is 3.32. The number of likely N-dealkylation sites (N-methyl/N-ethyl adjacent to an activating group) is 1. The van der Waals surface area contributed by atoms with Gasteiger partial charge in [0.1, 0.15) is 16.2 Å². The van der Waals surface area contributed by atoms with E-state index >= 15 is 0 Å². The molecule has 0 aromatic carbocycles. The van der Waals surface area contributed by atoms with Crippen molar-refractivity contribution in [3.8, 4) is 0 Å². The third kappa shape index (κ3) is 3.01. The van der Waals surface area contributed by atoms with Crippen molar-refractivity contribution >= 4 is 22.9 Å². The average molecular weight is 314 g/mol. The number of aryl methyl sites for hydroxylation is 1. The van der Waals surface area contributed by atoms with E-state index in [9.17, 15) is 0 Å². The first-order valence-corrected chi connectivity index (χ1v) is 7.70. The maximum Gasteiger partial charge on any atom is 0.245 e. The van der Waals surface area contributed by atoms with E-state index in [1.54, 1.807) is 11.3 Å². The molecule has 1 aliphatic rings. The quantitative estimate of drug-likeness (QED) is 0.863. The van der Waals surface area contributed by atoms with E-state index in [0.29, 0.717) is 16.9 Å². The Labute approximate surface area is 126 Å². The Morgan fingerprint density at radius 3 is 2.95 bits per heavy atom. The molecule has 2 aromatic rings. The first-order valence-electron chi connectivity index (χ1n) is 6.44. The van der Waals surface area contributed by atoms with E-state index < -0.39 is 0 Å². The van der Waals surface area contributed by atoms with Gasteiger partial charge in [0, 0.05) is 25.0 Å². The third-order valence-corrected chi connectivity index (χ3v) is 4.60. The van der Waals surface area contributed by atoms with Gasteiger partial charge in [0.05, 0.1) is 6.54 Å². The van der Waals surface area contributed by atoms with Gasteiger partial charge >= 0.3 is 0 Å². The molecule has 1 atom stereocenters. The smallest absolute Gasteiger partial charge is 0.245 e. The minimum atomic E-state index is 0.139. The predicted molar refractivity (Wildman–Crippen MR) is 76.8 cm³/mol. The molecule has 6 nitrogen and oxygen atoms in total. The van der Waals surface area contributed by atoms with E-state index in [0.717, 1.165) is 31.2 Å². The zero-order chi connectivity index (χ0) is 14.1. The van der Waals surface area contributed by atoms with Gasteiger partial charge in [-0.25, -0.2) is 4.98 Å². The summed E-state index contributed by atoms with van der Waals surface area (Å²) >= 11 is 7.46. The van der Waals surface area contributed by atoms with E-state index in [2.05, 4.69) is 32.0 Å². The zero-order valence-corrected chi connectivity index (χ0v) is 13.0. The topological polar surface area (TPSA) is 58.3 Å². The summed E-state index contributed by atoms with van der Waals surface area (Å²) in [5.74, 6) is 1.36. The Morgan fingerprint density at radius 1 is 1.45 bits per heavy atom. The molecule has 1 saturated heterocycles. The summed E-state index contributed by atoms with van der Waals surface area (Å²) < 4.78 is 5.31. The van der Waals surface area contributed by atoms with Crippen LogP contribution in [0, 0.1) is 6.92 Å². The lowest BCUT2D eigenvalue weighted by Gasteiger charge is -2.37. The second-order valence-electron chi connectivity index (χ2n) is 4.98. The molecule has 1 aliphatic heterocycles. The normalized spacial score (nSPS) is 21.4. The van der Waals surface area contributed by atoms with Crippen molar-refractivity contribution < 1.29 is 4.52 Å². The Hall–Kier alpha value is -1.02. The molecule has 0 bridgehead atoms. The molecule has 3 heterocycles. The number of nitrogens with zero attached hydrogens (tertiary/aromatic N) is 5. The molecule has 0 aliphatic carbocycles. The summed E-state index contributed by atoms with van der Waals surface area (Å²) in [5.41, 5.74) is 0. The monoisotopic (exact) mass is 313 g/mol. The van der Waals surface area contributed by atoms with Gasteiger partial charge in [-0.15, -0.1) is 11.3 Å². The molecule has 108 valence electrons. The van der Waals surface area contributed by atoms with Crippen molar-refractivity contribution in [2.75, 3.05) is 26.7 Å². The highest BCUT2D eigenvalue weighted by atomic mass is 35.5. The molecule has 0 spiro atoms. The largest absolute Gasteiger partial charge is 0.338 e. The standard InChI is InChI=1S/C12H16ClN5OS/c1-8-14-12(19-16-8)9-5-18(4-3-17(9)2)6-11-15-10(13)7-20-11/h7,9H,3-6H2,1-2H3. The molecule has 0 saturated carbocycles. The highest BCUT2D eigenvalue weighted by Gasteiger charge is 2.30. The van der Waals surface area contributed by atoms with Gasteiger partial charge in [-0.3, -0.25) is 9.80 Å². The molecule has 1 unspecified atom stereocenters. The second kappa shape index (κ2) is 5.77. The van der Waals surface area contributed by atoms with Gasteiger partial charge in [-0.05, 0) is 14.0 Å². The molecular formula is C12H16ClN5OS. The minimum Gasteiger partial charge on any atom is -0.338 e. The summed E-state index contributed by atoms with van der Waals surface area (Å²) in [4.78, 5) is 13.2. The molecule has 0 N–H and O–H groups in total. The Kier molecular flexibility index (Phi) is 4.02. The highest BCUT2D eigenvalue weighted by molar-refractivity contribution is 7.10. The molecule has 8 heteroatoms. The summed E-state index contributed by atoms with van der Waals surface area (Å²) in [7, 11) is 2.09. The van der Waals surface area contributed by atoms with E-state index in [1.807, 2.05) is 12.3 Å². The predicted octanol–water partition coefficient (Wildman–Crippen LogP) is 1.98. The van der Waals surface area contributed by atoms with Crippen LogP contribution >= 0.6 is 22.9 Å². The van der Waals surface area contributed by atoms with Crippen LogP contribution in [0.1, 0.15) is 22.8 Å². The highest BCUT2D eigenvalue weighted by Crippen LogP contribution is 2.24. The summed E-state index contributed by atoms with van der Waals surface area (Å²) in [6, 6.07) is 0.139. The van der Waals surface area contributed by atoms with Crippen LogP contribution in [-0.2, 0) is 6.54 Å². The molecule has 20 heavy (non-hydrogen) atoms. The van der Waals surface area contributed by atoms with Crippen LogP contribution in [0.25, 0.3) is 0 Å². The van der Waals surface area contributed by atoms with Crippen LogP contribution in [0.5, 0.6) is 0 Å². The lowest BCUT2D eigenvalue weighted by molar-refractivity contribution is 0.0714. The van der Waals surface area contributed by atoms with Crippen LogP contribution < -0.4 is 0 Å². The van der Waals surface area contributed by atoms with Gasteiger partial charge < -0.3 is 4.52 Å². The number of aromatic nitrogens is 3. The number of hydrogen-bond acceptors (Lipinski definition) is 7. The first-order chi connectivity index (χ1) is 9.61. The molecule has 1 fully saturated rings. The Balaban J connectivity index is 1.69. The lowest BCUT2D eigenvalue weighted by atomic mass is 10.2. The van der Waals surface area contributed by atoms with Gasteiger partial charge in [0.25, 0.3) is 0 Å². The summed E-state index contributed by atoms with van der Waals surface area (Å²) in [5, 5.41) is 7.36. The number of piperazine rings is 1. The van der Waals surface area contributed by atoms with Crippen LogP contribution in [0.4, 0.5) is 0 Å². The molecular weight excluding hydrogens is 298 g/mol. The zero-order valence-electron chi connectivity index (χ0n) is 11.4. The van der Waals surface area contributed by atoms with Crippen molar-refractivity contribution in [2.24, 2.45) is 0 Å². The van der Waals surface area contributed by atoms with Crippen molar-refractivity contribution in [3.05, 3.63) is 27.3 Å². The molecule has 0 radical (unpaired) electrons. The van der Waals surface area contributed by atoms with Gasteiger partial charge in [-0.2, -0.15) is 4.98 Å². The fourth-order valence-electron chi connectivity index (χ4n) is 2.34. The minimum absolute atomic E-state index is 0.139. The van der Waals surface area contributed by atoms with E-state index in [4.69, 9.17) is 16.1 Å². The number of rotatable bonds is 3. The van der Waals surface area contributed by atoms with Crippen molar-refractivity contribution in [2.45, 2.75) is 19.5 Å². The maximum absolute atomic E-state index is 5.87. The first kappa shape index (κ1) is 13.9. The second-order valence-corrected chi connectivity index (χ2v) is 6.31. The maximum atomic E-state index is 5.87. The number of thiazole rings is 1. The van der Waals surface area contributed by atoms with Crippen molar-refractivity contribution in [1.82, 2.24) is 24.9 Å².